The van der Waals surface area contributed by atoms with Gasteiger partial charge in [0.1, 0.15) is 11.4 Å². The first-order chi connectivity index (χ1) is 11.8. The highest BCUT2D eigenvalue weighted by atomic mass is 16.5. The van der Waals surface area contributed by atoms with Gasteiger partial charge in [0.15, 0.2) is 0 Å². The van der Waals surface area contributed by atoms with Gasteiger partial charge in [0, 0.05) is 37.5 Å². The third kappa shape index (κ3) is 3.84. The van der Waals surface area contributed by atoms with E-state index in [1.807, 2.05) is 59.3 Å². The highest BCUT2D eigenvalue weighted by molar-refractivity contribution is 5.73. The van der Waals surface area contributed by atoms with E-state index in [-0.39, 0.29) is 6.03 Å². The molecule has 0 saturated heterocycles. The Balaban J connectivity index is 1.45. The predicted molar refractivity (Wildman–Crippen MR) is 92.1 cm³/mol. The van der Waals surface area contributed by atoms with Crippen molar-refractivity contribution in [2.75, 3.05) is 13.7 Å². The van der Waals surface area contributed by atoms with Crippen molar-refractivity contribution >= 4 is 11.7 Å². The van der Waals surface area contributed by atoms with Crippen molar-refractivity contribution in [1.29, 1.82) is 0 Å². The molecule has 0 bridgehead atoms. The minimum atomic E-state index is -0.204. The van der Waals surface area contributed by atoms with Gasteiger partial charge in [-0.3, -0.25) is 0 Å². The van der Waals surface area contributed by atoms with Crippen LogP contribution in [0.3, 0.4) is 0 Å². The van der Waals surface area contributed by atoms with Crippen molar-refractivity contribution in [3.05, 3.63) is 66.1 Å². The number of rotatable bonds is 6. The van der Waals surface area contributed by atoms with Gasteiger partial charge in [-0.15, -0.1) is 0 Å². The molecular formula is C18H20N4O2. The molecule has 1 aromatic carbocycles. The molecule has 0 atom stereocenters. The molecule has 6 nitrogen and oxygen atoms in total. The molecule has 0 spiro atoms. The lowest BCUT2D eigenvalue weighted by Crippen LogP contribution is -2.36. The Bertz CT molecular complexity index is 796. The summed E-state index contributed by atoms with van der Waals surface area (Å²) in [5.41, 5.74) is 2.80. The Morgan fingerprint density at radius 2 is 2.00 bits per heavy atom. The maximum absolute atomic E-state index is 11.9. The molecule has 0 unspecified atom stereocenters. The SMILES string of the molecule is COc1ccccc1CNC(=O)NCCc1cn2ccccc2n1. The number of pyridine rings is 1. The number of carbonyl (C=O) groups is 1. The summed E-state index contributed by atoms with van der Waals surface area (Å²) in [6.07, 6.45) is 4.62. The number of carbonyl (C=O) groups excluding carboxylic acids is 1. The molecule has 0 aliphatic heterocycles. The smallest absolute Gasteiger partial charge is 0.315 e. The van der Waals surface area contributed by atoms with Gasteiger partial charge in [-0.2, -0.15) is 0 Å². The largest absolute Gasteiger partial charge is 0.496 e. The van der Waals surface area contributed by atoms with E-state index in [2.05, 4.69) is 15.6 Å². The molecule has 6 heteroatoms. The number of fused-ring (bicyclic) bond motifs is 1. The first-order valence-electron chi connectivity index (χ1n) is 7.82. The highest BCUT2D eigenvalue weighted by Crippen LogP contribution is 2.16. The Hall–Kier alpha value is -3.02. The fourth-order valence-corrected chi connectivity index (χ4v) is 2.50. The molecule has 0 saturated carbocycles. The van der Waals surface area contributed by atoms with Gasteiger partial charge in [0.2, 0.25) is 0 Å². The van der Waals surface area contributed by atoms with Gasteiger partial charge in [0.05, 0.1) is 12.8 Å². The van der Waals surface area contributed by atoms with E-state index < -0.39 is 0 Å². The fraction of sp³-hybridized carbons (Fsp3) is 0.222. The molecule has 2 heterocycles. The minimum absolute atomic E-state index is 0.204. The van der Waals surface area contributed by atoms with E-state index in [4.69, 9.17) is 4.74 Å². The average molecular weight is 324 g/mol. The van der Waals surface area contributed by atoms with E-state index in [1.54, 1.807) is 7.11 Å². The summed E-state index contributed by atoms with van der Waals surface area (Å²) in [4.78, 5) is 16.4. The number of methoxy groups -OCH3 is 1. The number of para-hydroxylation sites is 1. The van der Waals surface area contributed by atoms with Crippen molar-refractivity contribution in [3.63, 3.8) is 0 Å². The Labute approximate surface area is 140 Å². The molecule has 24 heavy (non-hydrogen) atoms. The molecule has 3 aromatic rings. The molecule has 2 amide bonds. The number of ether oxygens (including phenoxy) is 1. The Kier molecular flexibility index (Phi) is 4.96. The summed E-state index contributed by atoms with van der Waals surface area (Å²) in [7, 11) is 1.62. The van der Waals surface area contributed by atoms with Crippen LogP contribution in [0.25, 0.3) is 5.65 Å². The van der Waals surface area contributed by atoms with Crippen LogP contribution in [0.4, 0.5) is 4.79 Å². The van der Waals surface area contributed by atoms with Crippen LogP contribution in [0.5, 0.6) is 5.75 Å². The third-order valence-corrected chi connectivity index (χ3v) is 3.71. The van der Waals surface area contributed by atoms with Gasteiger partial charge in [-0.05, 0) is 18.2 Å². The maximum Gasteiger partial charge on any atom is 0.315 e. The third-order valence-electron chi connectivity index (χ3n) is 3.71. The quantitative estimate of drug-likeness (QED) is 0.731. The molecule has 0 aliphatic carbocycles. The maximum atomic E-state index is 11.9. The topological polar surface area (TPSA) is 67.7 Å². The zero-order valence-corrected chi connectivity index (χ0v) is 13.5. The summed E-state index contributed by atoms with van der Waals surface area (Å²) in [5.74, 6) is 0.766. The van der Waals surface area contributed by atoms with Crippen molar-refractivity contribution in [3.8, 4) is 5.75 Å². The highest BCUT2D eigenvalue weighted by Gasteiger charge is 2.05. The van der Waals surface area contributed by atoms with Crippen molar-refractivity contribution < 1.29 is 9.53 Å². The number of nitrogens with one attached hydrogen (secondary N) is 2. The summed E-state index contributed by atoms with van der Waals surface area (Å²) >= 11 is 0. The molecule has 2 aromatic heterocycles. The van der Waals surface area contributed by atoms with E-state index in [0.717, 1.165) is 22.7 Å². The molecule has 2 N–H and O–H groups in total. The normalized spacial score (nSPS) is 10.5. The number of benzene rings is 1. The lowest BCUT2D eigenvalue weighted by molar-refractivity contribution is 0.240. The predicted octanol–water partition coefficient (Wildman–Crippen LogP) is 2.38. The van der Waals surface area contributed by atoms with Crippen LogP contribution in [-0.4, -0.2) is 29.1 Å². The van der Waals surface area contributed by atoms with Crippen LogP contribution in [0, 0.1) is 0 Å². The first kappa shape index (κ1) is 15.9. The van der Waals surface area contributed by atoms with Crippen LogP contribution in [0.1, 0.15) is 11.3 Å². The van der Waals surface area contributed by atoms with Crippen LogP contribution in [-0.2, 0) is 13.0 Å². The van der Waals surface area contributed by atoms with Gasteiger partial charge in [-0.1, -0.05) is 24.3 Å². The number of aromatic nitrogens is 2. The molecule has 0 aliphatic rings. The molecule has 0 fully saturated rings. The zero-order valence-electron chi connectivity index (χ0n) is 13.5. The van der Waals surface area contributed by atoms with E-state index in [1.165, 1.54) is 0 Å². The zero-order chi connectivity index (χ0) is 16.8. The summed E-state index contributed by atoms with van der Waals surface area (Å²) in [6.45, 7) is 0.950. The molecule has 0 radical (unpaired) electrons. The monoisotopic (exact) mass is 324 g/mol. The summed E-state index contributed by atoms with van der Waals surface area (Å²) < 4.78 is 7.23. The molecule has 124 valence electrons. The number of imidazole rings is 1. The van der Waals surface area contributed by atoms with Crippen molar-refractivity contribution in [1.82, 2.24) is 20.0 Å². The number of urea groups is 1. The van der Waals surface area contributed by atoms with Gasteiger partial charge in [-0.25, -0.2) is 9.78 Å². The molecule has 3 rings (SSSR count). The average Bonchev–Trinajstić information content (AvgIpc) is 3.03. The Morgan fingerprint density at radius 1 is 1.17 bits per heavy atom. The van der Waals surface area contributed by atoms with Crippen LogP contribution in [0.15, 0.2) is 54.9 Å². The summed E-state index contributed by atoms with van der Waals surface area (Å²) in [5, 5.41) is 5.67. The van der Waals surface area contributed by atoms with Gasteiger partial charge < -0.3 is 19.8 Å². The van der Waals surface area contributed by atoms with Gasteiger partial charge in [0.25, 0.3) is 0 Å². The Morgan fingerprint density at radius 3 is 2.83 bits per heavy atom. The van der Waals surface area contributed by atoms with E-state index in [9.17, 15) is 4.79 Å². The number of hydrogen-bond donors (Lipinski definition) is 2. The fourth-order valence-electron chi connectivity index (χ4n) is 2.50. The van der Waals surface area contributed by atoms with Crippen LogP contribution in [0.2, 0.25) is 0 Å². The number of hydrogen-bond acceptors (Lipinski definition) is 3. The standard InChI is InChI=1S/C18H20N4O2/c1-24-16-7-3-2-6-14(16)12-20-18(23)19-10-9-15-13-22-11-5-4-8-17(22)21-15/h2-8,11,13H,9-10,12H2,1H3,(H2,19,20,23). The first-order valence-corrected chi connectivity index (χ1v) is 7.82. The second-order valence-electron chi connectivity index (χ2n) is 5.37. The second kappa shape index (κ2) is 7.50. The minimum Gasteiger partial charge on any atom is -0.496 e. The van der Waals surface area contributed by atoms with Crippen LogP contribution < -0.4 is 15.4 Å². The summed E-state index contributed by atoms with van der Waals surface area (Å²) in [6, 6.07) is 13.3. The van der Waals surface area contributed by atoms with E-state index >= 15 is 0 Å². The number of amides is 2. The second-order valence-corrected chi connectivity index (χ2v) is 5.37. The van der Waals surface area contributed by atoms with Gasteiger partial charge >= 0.3 is 6.03 Å². The lowest BCUT2D eigenvalue weighted by atomic mass is 10.2. The lowest BCUT2D eigenvalue weighted by Gasteiger charge is -2.10. The van der Waals surface area contributed by atoms with Crippen LogP contribution >= 0.6 is 0 Å². The van der Waals surface area contributed by atoms with Crippen molar-refractivity contribution in [2.45, 2.75) is 13.0 Å². The molecular weight excluding hydrogens is 304 g/mol. The van der Waals surface area contributed by atoms with Crippen molar-refractivity contribution in [2.24, 2.45) is 0 Å². The van der Waals surface area contributed by atoms with E-state index in [0.29, 0.717) is 19.5 Å². The number of nitrogens with zero attached hydrogens (tertiary/aromatic N) is 2.